The highest BCUT2D eigenvalue weighted by atomic mass is 16.2. The summed E-state index contributed by atoms with van der Waals surface area (Å²) in [6, 6.07) is 9.25. The number of piperazine rings is 1. The lowest BCUT2D eigenvalue weighted by Gasteiger charge is -2.32. The second-order valence-corrected chi connectivity index (χ2v) is 5.04. The highest BCUT2D eigenvalue weighted by Gasteiger charge is 2.26. The van der Waals surface area contributed by atoms with Gasteiger partial charge in [0.1, 0.15) is 0 Å². The average Bonchev–Trinajstić information content (AvgIpc) is 2.55. The second kappa shape index (κ2) is 6.88. The van der Waals surface area contributed by atoms with E-state index in [2.05, 4.69) is 5.32 Å². The van der Waals surface area contributed by atoms with E-state index in [0.717, 1.165) is 12.0 Å². The van der Waals surface area contributed by atoms with Crippen molar-refractivity contribution in [3.8, 4) is 0 Å². The summed E-state index contributed by atoms with van der Waals surface area (Å²) in [6.45, 7) is 3.56. The molecular weight excluding hydrogens is 270 g/mol. The normalized spacial score (nSPS) is 16.2. The SMILES string of the molecule is CC(NC(=O)C(=O)N1CCN(C=O)CC1)c1ccccc1. The molecule has 0 radical (unpaired) electrons. The van der Waals surface area contributed by atoms with Gasteiger partial charge < -0.3 is 15.1 Å². The molecule has 1 N–H and O–H groups in total. The van der Waals surface area contributed by atoms with Crippen molar-refractivity contribution in [1.82, 2.24) is 15.1 Å². The third kappa shape index (κ3) is 3.81. The number of hydrogen-bond donors (Lipinski definition) is 1. The maximum Gasteiger partial charge on any atom is 0.312 e. The molecule has 1 fully saturated rings. The minimum Gasteiger partial charge on any atom is -0.342 e. The predicted molar refractivity (Wildman–Crippen MR) is 77.2 cm³/mol. The molecule has 6 heteroatoms. The van der Waals surface area contributed by atoms with Crippen LogP contribution in [0.5, 0.6) is 0 Å². The third-order valence-electron chi connectivity index (χ3n) is 3.59. The van der Waals surface area contributed by atoms with E-state index in [-0.39, 0.29) is 6.04 Å². The zero-order valence-electron chi connectivity index (χ0n) is 12.0. The van der Waals surface area contributed by atoms with Gasteiger partial charge in [0.2, 0.25) is 6.41 Å². The Labute approximate surface area is 123 Å². The van der Waals surface area contributed by atoms with Gasteiger partial charge >= 0.3 is 11.8 Å². The number of nitrogens with one attached hydrogen (secondary N) is 1. The van der Waals surface area contributed by atoms with Crippen LogP contribution in [0, 0.1) is 0 Å². The van der Waals surface area contributed by atoms with Gasteiger partial charge in [-0.25, -0.2) is 0 Å². The van der Waals surface area contributed by atoms with Crippen molar-refractivity contribution in [2.45, 2.75) is 13.0 Å². The highest BCUT2D eigenvalue weighted by molar-refractivity contribution is 6.35. The van der Waals surface area contributed by atoms with Crippen LogP contribution in [0.1, 0.15) is 18.5 Å². The molecule has 1 aromatic rings. The average molecular weight is 289 g/mol. The van der Waals surface area contributed by atoms with Gasteiger partial charge in [0.25, 0.3) is 0 Å². The van der Waals surface area contributed by atoms with E-state index in [1.165, 1.54) is 4.90 Å². The second-order valence-electron chi connectivity index (χ2n) is 5.04. The van der Waals surface area contributed by atoms with E-state index in [1.807, 2.05) is 37.3 Å². The van der Waals surface area contributed by atoms with Crippen LogP contribution in [-0.2, 0) is 14.4 Å². The molecule has 0 aromatic heterocycles. The van der Waals surface area contributed by atoms with Crippen LogP contribution in [0.25, 0.3) is 0 Å². The molecule has 1 heterocycles. The summed E-state index contributed by atoms with van der Waals surface area (Å²) >= 11 is 0. The first-order valence-corrected chi connectivity index (χ1v) is 6.96. The Kier molecular flexibility index (Phi) is 4.92. The molecule has 0 bridgehead atoms. The molecule has 1 saturated heterocycles. The lowest BCUT2D eigenvalue weighted by atomic mass is 10.1. The zero-order valence-corrected chi connectivity index (χ0v) is 12.0. The molecule has 1 aliphatic heterocycles. The molecule has 1 atom stereocenters. The van der Waals surface area contributed by atoms with E-state index >= 15 is 0 Å². The van der Waals surface area contributed by atoms with Gasteiger partial charge in [0.05, 0.1) is 6.04 Å². The fourth-order valence-corrected chi connectivity index (χ4v) is 2.26. The van der Waals surface area contributed by atoms with Crippen molar-refractivity contribution in [2.75, 3.05) is 26.2 Å². The van der Waals surface area contributed by atoms with Crippen molar-refractivity contribution in [2.24, 2.45) is 0 Å². The summed E-state index contributed by atoms with van der Waals surface area (Å²) in [6.07, 6.45) is 0.763. The van der Waals surface area contributed by atoms with Crippen molar-refractivity contribution in [3.05, 3.63) is 35.9 Å². The molecule has 6 nitrogen and oxygen atoms in total. The molecule has 0 spiro atoms. The fraction of sp³-hybridized carbons (Fsp3) is 0.400. The molecule has 1 aromatic carbocycles. The minimum absolute atomic E-state index is 0.223. The molecule has 3 amide bonds. The Morgan fingerprint density at radius 3 is 2.33 bits per heavy atom. The number of hydrogen-bond acceptors (Lipinski definition) is 3. The third-order valence-corrected chi connectivity index (χ3v) is 3.59. The predicted octanol–water partition coefficient (Wildman–Crippen LogP) is 0.164. The van der Waals surface area contributed by atoms with Crippen LogP contribution in [0.3, 0.4) is 0 Å². The molecule has 21 heavy (non-hydrogen) atoms. The maximum absolute atomic E-state index is 12.1. The summed E-state index contributed by atoms with van der Waals surface area (Å²) in [5.41, 5.74) is 0.949. The lowest BCUT2D eigenvalue weighted by molar-refractivity contribution is -0.147. The van der Waals surface area contributed by atoms with Gasteiger partial charge in [0.15, 0.2) is 0 Å². The van der Waals surface area contributed by atoms with Gasteiger partial charge in [-0.3, -0.25) is 14.4 Å². The summed E-state index contributed by atoms with van der Waals surface area (Å²) in [7, 11) is 0. The van der Waals surface area contributed by atoms with Crippen molar-refractivity contribution < 1.29 is 14.4 Å². The van der Waals surface area contributed by atoms with E-state index in [9.17, 15) is 14.4 Å². The lowest BCUT2D eigenvalue weighted by Crippen LogP contribution is -2.52. The van der Waals surface area contributed by atoms with Gasteiger partial charge in [-0.15, -0.1) is 0 Å². The first-order chi connectivity index (χ1) is 10.1. The first-order valence-electron chi connectivity index (χ1n) is 6.96. The van der Waals surface area contributed by atoms with Gasteiger partial charge in [0, 0.05) is 26.2 Å². The van der Waals surface area contributed by atoms with Crippen molar-refractivity contribution >= 4 is 18.2 Å². The topological polar surface area (TPSA) is 69.7 Å². The summed E-state index contributed by atoms with van der Waals surface area (Å²) in [5, 5.41) is 2.71. The van der Waals surface area contributed by atoms with E-state index in [0.29, 0.717) is 26.2 Å². The zero-order chi connectivity index (χ0) is 15.2. The van der Waals surface area contributed by atoms with Crippen molar-refractivity contribution in [1.29, 1.82) is 0 Å². The van der Waals surface area contributed by atoms with Crippen LogP contribution >= 0.6 is 0 Å². The van der Waals surface area contributed by atoms with Crippen LogP contribution in [0.15, 0.2) is 30.3 Å². The molecule has 0 saturated carbocycles. The van der Waals surface area contributed by atoms with Crippen LogP contribution in [0.2, 0.25) is 0 Å². The summed E-state index contributed by atoms with van der Waals surface area (Å²) < 4.78 is 0. The molecule has 112 valence electrons. The van der Waals surface area contributed by atoms with Crippen LogP contribution in [-0.4, -0.2) is 54.2 Å². The Morgan fingerprint density at radius 1 is 1.14 bits per heavy atom. The maximum atomic E-state index is 12.1. The quantitative estimate of drug-likeness (QED) is 0.637. The standard InChI is InChI=1S/C15H19N3O3/c1-12(13-5-3-2-4-6-13)16-14(20)15(21)18-9-7-17(11-19)8-10-18/h2-6,11-12H,7-10H2,1H3,(H,16,20). The van der Waals surface area contributed by atoms with E-state index in [4.69, 9.17) is 0 Å². The van der Waals surface area contributed by atoms with Crippen molar-refractivity contribution in [3.63, 3.8) is 0 Å². The smallest absolute Gasteiger partial charge is 0.312 e. The number of carbonyl (C=O) groups is 3. The van der Waals surface area contributed by atoms with Crippen LogP contribution in [0.4, 0.5) is 0 Å². The Hall–Kier alpha value is -2.37. The number of rotatable bonds is 3. The molecule has 1 unspecified atom stereocenters. The number of amides is 3. The molecule has 1 aliphatic rings. The largest absolute Gasteiger partial charge is 0.342 e. The number of nitrogens with zero attached hydrogens (tertiary/aromatic N) is 2. The Morgan fingerprint density at radius 2 is 1.76 bits per heavy atom. The van der Waals surface area contributed by atoms with E-state index < -0.39 is 11.8 Å². The summed E-state index contributed by atoms with van der Waals surface area (Å²) in [5.74, 6) is -1.14. The number of benzene rings is 1. The fourth-order valence-electron chi connectivity index (χ4n) is 2.26. The van der Waals surface area contributed by atoms with E-state index in [1.54, 1.807) is 4.90 Å². The minimum atomic E-state index is -0.606. The Balaban J connectivity index is 1.88. The number of carbonyl (C=O) groups excluding carboxylic acids is 3. The molecule has 0 aliphatic carbocycles. The first kappa shape index (κ1) is 15.0. The summed E-state index contributed by atoms with van der Waals surface area (Å²) in [4.78, 5) is 37.7. The molecule has 2 rings (SSSR count). The Bertz CT molecular complexity index is 510. The highest BCUT2D eigenvalue weighted by Crippen LogP contribution is 2.11. The monoisotopic (exact) mass is 289 g/mol. The van der Waals surface area contributed by atoms with Crippen LogP contribution < -0.4 is 5.32 Å². The molecular formula is C15H19N3O3. The van der Waals surface area contributed by atoms with Gasteiger partial charge in [-0.05, 0) is 12.5 Å². The van der Waals surface area contributed by atoms with Gasteiger partial charge in [-0.1, -0.05) is 30.3 Å². The van der Waals surface area contributed by atoms with Gasteiger partial charge in [-0.2, -0.15) is 0 Å².